The number of anilines is 1. The second kappa shape index (κ2) is 11.8. The molecule has 1 N–H and O–H groups in total. The van der Waals surface area contributed by atoms with E-state index in [0.29, 0.717) is 24.2 Å². The van der Waals surface area contributed by atoms with Crippen LogP contribution in [0.15, 0.2) is 66.9 Å². The molecule has 0 aliphatic carbocycles. The van der Waals surface area contributed by atoms with Crippen molar-refractivity contribution >= 4 is 17.9 Å². The number of aromatic nitrogens is 1. The number of hydrogen-bond donors (Lipinski definition) is 1. The van der Waals surface area contributed by atoms with Gasteiger partial charge in [0, 0.05) is 11.9 Å². The van der Waals surface area contributed by atoms with Crippen LogP contribution >= 0.6 is 0 Å². The molecule has 0 radical (unpaired) electrons. The van der Waals surface area contributed by atoms with Crippen molar-refractivity contribution in [3.63, 3.8) is 0 Å². The van der Waals surface area contributed by atoms with Crippen molar-refractivity contribution in [1.82, 2.24) is 4.98 Å². The molecule has 5 heteroatoms. The Morgan fingerprint density at radius 1 is 0.969 bits per heavy atom. The van der Waals surface area contributed by atoms with Crippen LogP contribution in [0.3, 0.4) is 0 Å². The number of pyridine rings is 1. The molecule has 2 aromatic carbocycles. The molecule has 0 aliphatic heterocycles. The van der Waals surface area contributed by atoms with Crippen LogP contribution in [0, 0.1) is 0 Å². The normalized spacial score (nSPS) is 10.7. The van der Waals surface area contributed by atoms with Crippen LogP contribution in [0.25, 0.3) is 0 Å². The van der Waals surface area contributed by atoms with Crippen molar-refractivity contribution in [3.8, 4) is 5.75 Å². The van der Waals surface area contributed by atoms with Gasteiger partial charge < -0.3 is 10.0 Å². The second-order valence-corrected chi connectivity index (χ2v) is 7.95. The Morgan fingerprint density at radius 3 is 2.41 bits per heavy atom. The molecule has 1 amide bonds. The zero-order chi connectivity index (χ0) is 22.8. The number of benzene rings is 2. The summed E-state index contributed by atoms with van der Waals surface area (Å²) in [5.74, 6) is -0.384. The van der Waals surface area contributed by atoms with Gasteiger partial charge in [-0.25, -0.2) is 0 Å². The van der Waals surface area contributed by atoms with E-state index in [9.17, 15) is 14.7 Å². The van der Waals surface area contributed by atoms with E-state index in [-0.39, 0.29) is 17.2 Å². The van der Waals surface area contributed by atoms with Crippen molar-refractivity contribution in [2.45, 2.75) is 52.0 Å². The Hall–Kier alpha value is -3.47. The van der Waals surface area contributed by atoms with E-state index in [1.165, 1.54) is 49.8 Å². The lowest BCUT2D eigenvalue weighted by Gasteiger charge is -2.23. The van der Waals surface area contributed by atoms with Crippen molar-refractivity contribution < 1.29 is 14.7 Å². The quantitative estimate of drug-likeness (QED) is 0.301. The maximum absolute atomic E-state index is 13.2. The molecule has 0 saturated carbocycles. The molecule has 0 saturated heterocycles. The Morgan fingerprint density at radius 2 is 1.72 bits per heavy atom. The third-order valence-electron chi connectivity index (χ3n) is 5.51. The van der Waals surface area contributed by atoms with Crippen molar-refractivity contribution in [2.75, 3.05) is 4.90 Å². The minimum absolute atomic E-state index is 0.114. The van der Waals surface area contributed by atoms with Crippen LogP contribution in [-0.4, -0.2) is 22.3 Å². The summed E-state index contributed by atoms with van der Waals surface area (Å²) in [7, 11) is 0. The maximum atomic E-state index is 13.2. The van der Waals surface area contributed by atoms with Crippen molar-refractivity contribution in [1.29, 1.82) is 0 Å². The van der Waals surface area contributed by atoms with Gasteiger partial charge in [-0.15, -0.1) is 0 Å². The van der Waals surface area contributed by atoms with Crippen LogP contribution in [-0.2, 0) is 13.0 Å². The number of unbranched alkanes of at least 4 members (excludes halogenated alkanes) is 4. The van der Waals surface area contributed by atoms with Gasteiger partial charge in [0.1, 0.15) is 11.4 Å². The lowest BCUT2D eigenvalue weighted by molar-refractivity contribution is 0.0979. The third-order valence-corrected chi connectivity index (χ3v) is 5.51. The van der Waals surface area contributed by atoms with Gasteiger partial charge in [-0.2, -0.15) is 0 Å². The first kappa shape index (κ1) is 23.2. The summed E-state index contributed by atoms with van der Waals surface area (Å²) in [6.07, 6.45) is 9.48. The summed E-state index contributed by atoms with van der Waals surface area (Å²) in [6.45, 7) is 2.55. The minimum atomic E-state index is -0.270. The van der Waals surface area contributed by atoms with Crippen LogP contribution in [0.5, 0.6) is 5.75 Å². The summed E-state index contributed by atoms with van der Waals surface area (Å²) in [4.78, 5) is 30.3. The monoisotopic (exact) mass is 430 g/mol. The highest BCUT2D eigenvalue weighted by Gasteiger charge is 2.20. The fraction of sp³-hybridized carbons (Fsp3) is 0.296. The van der Waals surface area contributed by atoms with Gasteiger partial charge in [-0.1, -0.05) is 62.9 Å². The molecule has 0 spiro atoms. The van der Waals surface area contributed by atoms with Gasteiger partial charge >= 0.3 is 0 Å². The van der Waals surface area contributed by atoms with Crippen LogP contribution in [0.2, 0.25) is 0 Å². The smallest absolute Gasteiger partial charge is 0.277 e. The van der Waals surface area contributed by atoms with Crippen LogP contribution < -0.4 is 4.90 Å². The standard InChI is InChI=1S/C27H30N2O3/c1-2-3-4-5-6-9-21-11-13-22(14-12-21)19-29(27(32)25-10-7-8-17-28-25)24-15-16-26(31)23(18-24)20-30/h7-8,10-18,20,31H,2-6,9,19H2,1H3. The van der Waals surface area contributed by atoms with E-state index >= 15 is 0 Å². The number of aldehydes is 1. The third kappa shape index (κ3) is 6.27. The number of phenols is 1. The number of amides is 1. The van der Waals surface area contributed by atoms with E-state index < -0.39 is 0 Å². The van der Waals surface area contributed by atoms with E-state index in [0.717, 1.165) is 12.0 Å². The highest BCUT2D eigenvalue weighted by molar-refractivity contribution is 6.05. The molecular weight excluding hydrogens is 400 g/mol. The number of rotatable bonds is 11. The summed E-state index contributed by atoms with van der Waals surface area (Å²) >= 11 is 0. The molecule has 1 aromatic heterocycles. The van der Waals surface area contributed by atoms with Gasteiger partial charge in [-0.05, 0) is 54.3 Å². The largest absolute Gasteiger partial charge is 0.507 e. The zero-order valence-electron chi connectivity index (χ0n) is 18.5. The molecule has 0 fully saturated rings. The highest BCUT2D eigenvalue weighted by atomic mass is 16.3. The van der Waals surface area contributed by atoms with E-state index in [4.69, 9.17) is 0 Å². The number of carbonyl (C=O) groups is 2. The van der Waals surface area contributed by atoms with E-state index in [2.05, 4.69) is 24.0 Å². The molecule has 0 unspecified atom stereocenters. The fourth-order valence-corrected chi connectivity index (χ4v) is 3.64. The number of carbonyl (C=O) groups excluding carboxylic acids is 2. The van der Waals surface area contributed by atoms with Crippen molar-refractivity contribution in [2.24, 2.45) is 0 Å². The number of hydrogen-bond acceptors (Lipinski definition) is 4. The Balaban J connectivity index is 1.78. The Labute approximate surface area is 189 Å². The number of nitrogens with zero attached hydrogens (tertiary/aromatic N) is 2. The topological polar surface area (TPSA) is 70.5 Å². The molecule has 5 nitrogen and oxygen atoms in total. The number of aromatic hydroxyl groups is 1. The van der Waals surface area contributed by atoms with E-state index in [1.807, 2.05) is 12.1 Å². The second-order valence-electron chi connectivity index (χ2n) is 7.95. The predicted molar refractivity (Wildman–Crippen MR) is 127 cm³/mol. The predicted octanol–water partition coefficient (Wildman–Crippen LogP) is 5.96. The van der Waals surface area contributed by atoms with Gasteiger partial charge in [-0.3, -0.25) is 14.6 Å². The SMILES string of the molecule is CCCCCCCc1ccc(CN(C(=O)c2ccccn2)c2ccc(O)c(C=O)c2)cc1. The molecule has 3 rings (SSSR count). The lowest BCUT2D eigenvalue weighted by atomic mass is 10.0. The highest BCUT2D eigenvalue weighted by Crippen LogP contribution is 2.26. The molecule has 32 heavy (non-hydrogen) atoms. The molecule has 0 aliphatic rings. The fourth-order valence-electron chi connectivity index (χ4n) is 3.64. The van der Waals surface area contributed by atoms with Gasteiger partial charge in [0.05, 0.1) is 12.1 Å². The van der Waals surface area contributed by atoms with E-state index in [1.54, 1.807) is 35.4 Å². The lowest BCUT2D eigenvalue weighted by Crippen LogP contribution is -2.31. The summed E-state index contributed by atoms with van der Waals surface area (Å²) in [5, 5.41) is 9.86. The molecule has 3 aromatic rings. The summed E-state index contributed by atoms with van der Waals surface area (Å²) in [5.41, 5.74) is 3.25. The molecule has 0 bridgehead atoms. The van der Waals surface area contributed by atoms with Crippen molar-refractivity contribution in [3.05, 3.63) is 89.2 Å². The molecule has 1 heterocycles. The number of aryl methyl sites for hydroxylation is 1. The zero-order valence-corrected chi connectivity index (χ0v) is 18.5. The maximum Gasteiger partial charge on any atom is 0.277 e. The average molecular weight is 431 g/mol. The molecule has 0 atom stereocenters. The van der Waals surface area contributed by atoms with Crippen LogP contribution in [0.4, 0.5) is 5.69 Å². The van der Waals surface area contributed by atoms with Gasteiger partial charge in [0.15, 0.2) is 6.29 Å². The van der Waals surface area contributed by atoms with Gasteiger partial charge in [0.25, 0.3) is 5.91 Å². The van der Waals surface area contributed by atoms with Crippen LogP contribution in [0.1, 0.15) is 71.0 Å². The first-order valence-corrected chi connectivity index (χ1v) is 11.2. The summed E-state index contributed by atoms with van der Waals surface area (Å²) < 4.78 is 0. The Bertz CT molecular complexity index is 1020. The first-order chi connectivity index (χ1) is 15.6. The first-order valence-electron chi connectivity index (χ1n) is 11.2. The number of phenolic OH excluding ortho intramolecular Hbond substituents is 1. The Kier molecular flexibility index (Phi) is 8.55. The summed E-state index contributed by atoms with van der Waals surface area (Å²) in [6, 6.07) is 18.1. The molecular formula is C27H30N2O3. The molecule has 166 valence electrons. The van der Waals surface area contributed by atoms with Gasteiger partial charge in [0.2, 0.25) is 0 Å². The average Bonchev–Trinajstić information content (AvgIpc) is 2.84. The minimum Gasteiger partial charge on any atom is -0.507 e.